The fourth-order valence-electron chi connectivity index (χ4n) is 5.24. The standard InChI is InChI=1S/C26H35N3O3/c1-17-13-18(2)24(31)23-21(17)15-26(3,4)25(23)27-16-22(30)29-11-9-28(10-12-29)19-7-6-8-20(14-19)32-5/h6-8,13-14,25,27,31H,9-12,15-16H2,1-5H3. The molecule has 2 aromatic rings. The van der Waals surface area contributed by atoms with Crippen LogP contribution in [0.3, 0.4) is 0 Å². The zero-order valence-electron chi connectivity index (χ0n) is 19.9. The number of carbonyl (C=O) groups is 1. The van der Waals surface area contributed by atoms with Gasteiger partial charge in [0.1, 0.15) is 11.5 Å². The van der Waals surface area contributed by atoms with E-state index >= 15 is 0 Å². The first kappa shape index (κ1) is 22.5. The monoisotopic (exact) mass is 437 g/mol. The largest absolute Gasteiger partial charge is 0.507 e. The molecule has 1 saturated heterocycles. The number of anilines is 1. The summed E-state index contributed by atoms with van der Waals surface area (Å²) < 4.78 is 5.33. The summed E-state index contributed by atoms with van der Waals surface area (Å²) in [6, 6.07) is 10.1. The molecule has 1 aliphatic heterocycles. The highest BCUT2D eigenvalue weighted by molar-refractivity contribution is 5.78. The number of amides is 1. The molecule has 2 aromatic carbocycles. The highest BCUT2D eigenvalue weighted by Crippen LogP contribution is 2.50. The fraction of sp³-hybridized carbons (Fsp3) is 0.500. The van der Waals surface area contributed by atoms with E-state index in [1.54, 1.807) is 7.11 Å². The SMILES string of the molecule is COc1cccc(N2CCN(C(=O)CNC3c4c(O)c(C)cc(C)c4CC3(C)C)CC2)c1. The number of phenolic OH excluding ortho intramolecular Hbond substituents is 1. The average Bonchev–Trinajstić information content (AvgIpc) is 3.07. The zero-order valence-corrected chi connectivity index (χ0v) is 19.9. The van der Waals surface area contributed by atoms with Crippen molar-refractivity contribution in [2.45, 2.75) is 40.2 Å². The summed E-state index contributed by atoms with van der Waals surface area (Å²) in [5, 5.41) is 14.3. The van der Waals surface area contributed by atoms with E-state index < -0.39 is 0 Å². The lowest BCUT2D eigenvalue weighted by Gasteiger charge is -2.37. The number of ether oxygens (including phenoxy) is 1. The van der Waals surface area contributed by atoms with Gasteiger partial charge in [-0.25, -0.2) is 0 Å². The van der Waals surface area contributed by atoms with Crippen LogP contribution in [-0.4, -0.2) is 55.7 Å². The van der Waals surface area contributed by atoms with Crippen molar-refractivity contribution in [1.29, 1.82) is 0 Å². The summed E-state index contributed by atoms with van der Waals surface area (Å²) in [6.45, 7) is 11.7. The molecular weight excluding hydrogens is 402 g/mol. The molecule has 4 rings (SSSR count). The van der Waals surface area contributed by atoms with E-state index in [9.17, 15) is 9.90 Å². The van der Waals surface area contributed by atoms with E-state index in [0.29, 0.717) is 18.8 Å². The summed E-state index contributed by atoms with van der Waals surface area (Å²) in [5.41, 5.74) is 5.36. The fourth-order valence-corrected chi connectivity index (χ4v) is 5.24. The first-order valence-electron chi connectivity index (χ1n) is 11.4. The summed E-state index contributed by atoms with van der Waals surface area (Å²) in [7, 11) is 1.68. The van der Waals surface area contributed by atoms with Crippen molar-refractivity contribution in [1.82, 2.24) is 10.2 Å². The molecular formula is C26H35N3O3. The molecule has 1 unspecified atom stereocenters. The Kier molecular flexibility index (Phi) is 6.08. The van der Waals surface area contributed by atoms with Crippen LogP contribution in [0.15, 0.2) is 30.3 Å². The summed E-state index contributed by atoms with van der Waals surface area (Å²) in [5.74, 6) is 1.33. The van der Waals surface area contributed by atoms with Crippen LogP contribution < -0.4 is 15.0 Å². The Hall–Kier alpha value is -2.73. The maximum Gasteiger partial charge on any atom is 0.236 e. The third kappa shape index (κ3) is 4.16. The normalized spacial score (nSPS) is 19.7. The highest BCUT2D eigenvalue weighted by Gasteiger charge is 2.42. The maximum absolute atomic E-state index is 13.0. The van der Waals surface area contributed by atoms with E-state index in [0.717, 1.165) is 42.1 Å². The van der Waals surface area contributed by atoms with E-state index in [1.165, 1.54) is 11.1 Å². The Morgan fingerprint density at radius 3 is 2.56 bits per heavy atom. The van der Waals surface area contributed by atoms with Crippen molar-refractivity contribution in [3.63, 3.8) is 0 Å². The summed E-state index contributed by atoms with van der Waals surface area (Å²) in [4.78, 5) is 17.2. The number of phenols is 1. The van der Waals surface area contributed by atoms with Gasteiger partial charge in [-0.2, -0.15) is 0 Å². The second kappa shape index (κ2) is 8.66. The van der Waals surface area contributed by atoms with Crippen LogP contribution in [0, 0.1) is 19.3 Å². The quantitative estimate of drug-likeness (QED) is 0.749. The lowest BCUT2D eigenvalue weighted by Crippen LogP contribution is -2.51. The second-order valence-corrected chi connectivity index (χ2v) is 9.80. The molecule has 6 nitrogen and oxygen atoms in total. The topological polar surface area (TPSA) is 65.0 Å². The molecule has 0 bridgehead atoms. The van der Waals surface area contributed by atoms with Gasteiger partial charge in [0.05, 0.1) is 13.7 Å². The predicted octanol–water partition coefficient (Wildman–Crippen LogP) is 3.58. The smallest absolute Gasteiger partial charge is 0.236 e. The van der Waals surface area contributed by atoms with Gasteiger partial charge >= 0.3 is 0 Å². The van der Waals surface area contributed by atoms with Crippen LogP contribution in [0.2, 0.25) is 0 Å². The molecule has 0 aromatic heterocycles. The van der Waals surface area contributed by atoms with Crippen molar-refractivity contribution < 1.29 is 14.6 Å². The Labute approximate surface area is 191 Å². The van der Waals surface area contributed by atoms with E-state index in [-0.39, 0.29) is 23.9 Å². The van der Waals surface area contributed by atoms with Crippen molar-refractivity contribution in [2.24, 2.45) is 5.41 Å². The third-order valence-electron chi connectivity index (χ3n) is 7.07. The minimum absolute atomic E-state index is 0.0434. The van der Waals surface area contributed by atoms with Crippen LogP contribution >= 0.6 is 0 Å². The van der Waals surface area contributed by atoms with Gasteiger partial charge in [-0.05, 0) is 54.5 Å². The van der Waals surface area contributed by atoms with Gasteiger partial charge in [-0.3, -0.25) is 4.79 Å². The van der Waals surface area contributed by atoms with E-state index in [1.807, 2.05) is 30.0 Å². The number of nitrogens with zero attached hydrogens (tertiary/aromatic N) is 2. The van der Waals surface area contributed by atoms with E-state index in [4.69, 9.17) is 4.74 Å². The van der Waals surface area contributed by atoms with Crippen molar-refractivity contribution in [3.8, 4) is 11.5 Å². The number of methoxy groups -OCH3 is 1. The number of aryl methyl sites for hydroxylation is 2. The lowest BCUT2D eigenvalue weighted by atomic mass is 9.85. The highest BCUT2D eigenvalue weighted by atomic mass is 16.5. The summed E-state index contributed by atoms with van der Waals surface area (Å²) >= 11 is 0. The maximum atomic E-state index is 13.0. The molecule has 172 valence electrons. The molecule has 1 amide bonds. The number of aromatic hydroxyl groups is 1. The minimum Gasteiger partial charge on any atom is -0.507 e. The molecule has 1 fully saturated rings. The number of hydrogen-bond acceptors (Lipinski definition) is 5. The molecule has 1 atom stereocenters. The van der Waals surface area contributed by atoms with Gasteiger partial charge in [-0.1, -0.05) is 26.0 Å². The average molecular weight is 438 g/mol. The predicted molar refractivity (Wildman–Crippen MR) is 128 cm³/mol. The van der Waals surface area contributed by atoms with E-state index in [2.05, 4.69) is 43.1 Å². The van der Waals surface area contributed by atoms with Crippen molar-refractivity contribution >= 4 is 11.6 Å². The Bertz CT molecular complexity index is 1010. The van der Waals surface area contributed by atoms with Gasteiger partial charge in [0, 0.05) is 49.5 Å². The number of piperazine rings is 1. The number of fused-ring (bicyclic) bond motifs is 1. The Morgan fingerprint density at radius 2 is 1.88 bits per heavy atom. The van der Waals surface area contributed by atoms with Gasteiger partial charge < -0.3 is 25.0 Å². The number of carbonyl (C=O) groups excluding carboxylic acids is 1. The number of nitrogens with one attached hydrogen (secondary N) is 1. The summed E-state index contributed by atoms with van der Waals surface area (Å²) in [6.07, 6.45) is 0.896. The molecule has 1 aliphatic carbocycles. The third-order valence-corrected chi connectivity index (χ3v) is 7.07. The van der Waals surface area contributed by atoms with Crippen LogP contribution in [0.5, 0.6) is 11.5 Å². The molecule has 32 heavy (non-hydrogen) atoms. The van der Waals surface area contributed by atoms with Gasteiger partial charge in [-0.15, -0.1) is 0 Å². The zero-order chi connectivity index (χ0) is 23.0. The van der Waals surface area contributed by atoms with Gasteiger partial charge in [0.2, 0.25) is 5.91 Å². The van der Waals surface area contributed by atoms with Crippen LogP contribution in [-0.2, 0) is 11.2 Å². The van der Waals surface area contributed by atoms with Crippen molar-refractivity contribution in [2.75, 3.05) is 44.7 Å². The minimum atomic E-state index is -0.0658. The molecule has 1 heterocycles. The molecule has 6 heteroatoms. The Balaban J connectivity index is 1.39. The Morgan fingerprint density at radius 1 is 1.16 bits per heavy atom. The van der Waals surface area contributed by atoms with Crippen LogP contribution in [0.1, 0.15) is 42.1 Å². The molecule has 2 aliphatic rings. The first-order chi connectivity index (χ1) is 15.2. The number of rotatable bonds is 5. The molecule has 0 radical (unpaired) electrons. The van der Waals surface area contributed by atoms with Crippen molar-refractivity contribution in [3.05, 3.63) is 52.6 Å². The molecule has 0 spiro atoms. The first-order valence-corrected chi connectivity index (χ1v) is 11.4. The lowest BCUT2D eigenvalue weighted by molar-refractivity contribution is -0.130. The van der Waals surface area contributed by atoms with Gasteiger partial charge in [0.15, 0.2) is 0 Å². The molecule has 2 N–H and O–H groups in total. The van der Waals surface area contributed by atoms with Gasteiger partial charge in [0.25, 0.3) is 0 Å². The van der Waals surface area contributed by atoms with Crippen LogP contribution in [0.25, 0.3) is 0 Å². The number of benzene rings is 2. The number of hydrogen-bond donors (Lipinski definition) is 2. The molecule has 0 saturated carbocycles. The second-order valence-electron chi connectivity index (χ2n) is 9.80. The van der Waals surface area contributed by atoms with Crippen LogP contribution in [0.4, 0.5) is 5.69 Å².